The summed E-state index contributed by atoms with van der Waals surface area (Å²) in [6.07, 6.45) is 0.998. The van der Waals surface area contributed by atoms with Gasteiger partial charge >= 0.3 is 0 Å². The maximum Gasteiger partial charge on any atom is 0.121 e. The number of ether oxygens (including phenoxy) is 1. The van der Waals surface area contributed by atoms with Gasteiger partial charge in [0.25, 0.3) is 0 Å². The first-order valence-corrected chi connectivity index (χ1v) is 6.95. The first-order valence-electron chi connectivity index (χ1n) is 6.95. The van der Waals surface area contributed by atoms with Gasteiger partial charge in [0.1, 0.15) is 5.75 Å². The highest BCUT2D eigenvalue weighted by Crippen LogP contribution is 2.14. The molecule has 0 bridgehead atoms. The van der Waals surface area contributed by atoms with Crippen molar-refractivity contribution in [1.29, 1.82) is 0 Å². The second-order valence-corrected chi connectivity index (χ2v) is 5.00. The lowest BCUT2D eigenvalue weighted by Crippen LogP contribution is -2.20. The van der Waals surface area contributed by atoms with Gasteiger partial charge in [0.05, 0.1) is 6.61 Å². The number of nitrogens with two attached hydrogens (primary N) is 1. The van der Waals surface area contributed by atoms with Gasteiger partial charge in [-0.05, 0) is 31.2 Å². The minimum Gasteiger partial charge on any atom is -0.493 e. The highest BCUT2D eigenvalue weighted by molar-refractivity contribution is 5.43. The van der Waals surface area contributed by atoms with Gasteiger partial charge in [-0.2, -0.15) is 0 Å². The van der Waals surface area contributed by atoms with Gasteiger partial charge in [0, 0.05) is 24.8 Å². The predicted molar refractivity (Wildman–Crippen MR) is 83.7 cm³/mol. The number of benzene rings is 2. The Hall–Kier alpha value is -2.00. The fourth-order valence-corrected chi connectivity index (χ4v) is 2.10. The number of nitrogen functional groups attached to an aromatic ring is 1. The largest absolute Gasteiger partial charge is 0.493 e. The molecule has 0 aliphatic heterocycles. The van der Waals surface area contributed by atoms with Crippen molar-refractivity contribution >= 4 is 5.69 Å². The molecule has 0 aliphatic rings. The van der Waals surface area contributed by atoms with Crippen molar-refractivity contribution in [2.24, 2.45) is 0 Å². The molecule has 2 N–H and O–H groups in total. The average molecular weight is 270 g/mol. The monoisotopic (exact) mass is 270 g/mol. The molecule has 0 unspecified atom stereocenters. The zero-order chi connectivity index (χ0) is 14.2. The number of nitrogens with zero attached hydrogens (tertiary/aromatic N) is 1. The van der Waals surface area contributed by atoms with Crippen LogP contribution in [0.25, 0.3) is 0 Å². The molecule has 106 valence electrons. The van der Waals surface area contributed by atoms with Crippen LogP contribution in [0.5, 0.6) is 5.75 Å². The van der Waals surface area contributed by atoms with Crippen molar-refractivity contribution in [1.82, 2.24) is 4.90 Å². The normalized spacial score (nSPS) is 10.7. The third-order valence-electron chi connectivity index (χ3n) is 3.11. The second-order valence-electron chi connectivity index (χ2n) is 5.00. The quantitative estimate of drug-likeness (QED) is 0.620. The lowest BCUT2D eigenvalue weighted by atomic mass is 10.2. The maximum absolute atomic E-state index is 5.71. The Labute approximate surface area is 121 Å². The standard InChI is InChI=1S/C17H22N2O/c1-19(14-15-7-3-2-4-8-15)11-6-12-20-17-10-5-9-16(18)13-17/h2-5,7-10,13H,6,11-12,14,18H2,1H3. The van der Waals surface area contributed by atoms with Crippen molar-refractivity contribution < 1.29 is 4.74 Å². The topological polar surface area (TPSA) is 38.5 Å². The Morgan fingerprint density at radius 2 is 1.85 bits per heavy atom. The van der Waals surface area contributed by atoms with E-state index in [4.69, 9.17) is 10.5 Å². The molecule has 0 amide bonds. The first kappa shape index (κ1) is 14.4. The van der Waals surface area contributed by atoms with Crippen LogP contribution < -0.4 is 10.5 Å². The van der Waals surface area contributed by atoms with Gasteiger partial charge in [0.15, 0.2) is 0 Å². The Morgan fingerprint density at radius 1 is 1.05 bits per heavy atom. The molecule has 0 saturated heterocycles. The van der Waals surface area contributed by atoms with Crippen molar-refractivity contribution in [3.8, 4) is 5.75 Å². The van der Waals surface area contributed by atoms with Gasteiger partial charge in [0.2, 0.25) is 0 Å². The van der Waals surface area contributed by atoms with Crippen LogP contribution in [0.3, 0.4) is 0 Å². The molecule has 0 fully saturated rings. The first-order chi connectivity index (χ1) is 9.74. The highest BCUT2D eigenvalue weighted by Gasteiger charge is 2.00. The number of rotatable bonds is 7. The Morgan fingerprint density at radius 3 is 2.60 bits per heavy atom. The molecule has 2 aromatic carbocycles. The Bertz CT molecular complexity index is 513. The van der Waals surface area contributed by atoms with Gasteiger partial charge < -0.3 is 15.4 Å². The highest BCUT2D eigenvalue weighted by atomic mass is 16.5. The van der Waals surface area contributed by atoms with E-state index < -0.39 is 0 Å². The molecule has 2 aromatic rings. The third-order valence-corrected chi connectivity index (χ3v) is 3.11. The van der Waals surface area contributed by atoms with Gasteiger partial charge in [-0.1, -0.05) is 36.4 Å². The van der Waals surface area contributed by atoms with E-state index in [1.54, 1.807) is 0 Å². The molecule has 0 heterocycles. The second kappa shape index (κ2) is 7.56. The summed E-state index contributed by atoms with van der Waals surface area (Å²) in [5.74, 6) is 0.843. The molecular formula is C17H22N2O. The van der Waals surface area contributed by atoms with E-state index in [1.165, 1.54) is 5.56 Å². The molecule has 3 heteroatoms. The average Bonchev–Trinajstić information content (AvgIpc) is 2.45. The summed E-state index contributed by atoms with van der Waals surface area (Å²) in [5, 5.41) is 0. The molecule has 0 radical (unpaired) electrons. The van der Waals surface area contributed by atoms with Crippen molar-refractivity contribution in [3.63, 3.8) is 0 Å². The van der Waals surface area contributed by atoms with E-state index >= 15 is 0 Å². The van der Waals surface area contributed by atoms with E-state index in [0.717, 1.165) is 30.9 Å². The Balaban J connectivity index is 1.66. The van der Waals surface area contributed by atoms with Gasteiger partial charge in [-0.3, -0.25) is 0 Å². The summed E-state index contributed by atoms with van der Waals surface area (Å²) >= 11 is 0. The fourth-order valence-electron chi connectivity index (χ4n) is 2.10. The number of hydrogen-bond acceptors (Lipinski definition) is 3. The molecule has 0 saturated carbocycles. The predicted octanol–water partition coefficient (Wildman–Crippen LogP) is 3.17. The lowest BCUT2D eigenvalue weighted by molar-refractivity contribution is 0.259. The van der Waals surface area contributed by atoms with Gasteiger partial charge in [-0.15, -0.1) is 0 Å². The van der Waals surface area contributed by atoms with E-state index in [1.807, 2.05) is 30.3 Å². The third kappa shape index (κ3) is 4.94. The van der Waals surface area contributed by atoms with Crippen LogP contribution in [0.2, 0.25) is 0 Å². The molecular weight excluding hydrogens is 248 g/mol. The van der Waals surface area contributed by atoms with E-state index in [0.29, 0.717) is 6.61 Å². The maximum atomic E-state index is 5.71. The fraction of sp³-hybridized carbons (Fsp3) is 0.294. The van der Waals surface area contributed by atoms with Crippen LogP contribution in [0.15, 0.2) is 54.6 Å². The van der Waals surface area contributed by atoms with Crippen LogP contribution in [-0.4, -0.2) is 25.1 Å². The van der Waals surface area contributed by atoms with E-state index in [-0.39, 0.29) is 0 Å². The minimum absolute atomic E-state index is 0.711. The molecule has 20 heavy (non-hydrogen) atoms. The van der Waals surface area contributed by atoms with Crippen LogP contribution in [0, 0.1) is 0 Å². The smallest absolute Gasteiger partial charge is 0.121 e. The van der Waals surface area contributed by atoms with Crippen LogP contribution in [0.1, 0.15) is 12.0 Å². The van der Waals surface area contributed by atoms with Crippen molar-refractivity contribution in [2.45, 2.75) is 13.0 Å². The van der Waals surface area contributed by atoms with Crippen LogP contribution >= 0.6 is 0 Å². The van der Waals surface area contributed by atoms with Gasteiger partial charge in [-0.25, -0.2) is 0 Å². The molecule has 0 aliphatic carbocycles. The Kier molecular flexibility index (Phi) is 5.44. The van der Waals surface area contributed by atoms with Crippen molar-refractivity contribution in [2.75, 3.05) is 25.9 Å². The van der Waals surface area contributed by atoms with E-state index in [2.05, 4.69) is 36.2 Å². The lowest BCUT2D eigenvalue weighted by Gasteiger charge is -2.16. The summed E-state index contributed by atoms with van der Waals surface area (Å²) in [5.41, 5.74) is 7.79. The van der Waals surface area contributed by atoms with E-state index in [9.17, 15) is 0 Å². The summed E-state index contributed by atoms with van der Waals surface area (Å²) in [7, 11) is 2.13. The van der Waals surface area contributed by atoms with Crippen LogP contribution in [-0.2, 0) is 6.54 Å². The summed E-state index contributed by atoms with van der Waals surface area (Å²) in [6.45, 7) is 2.69. The van der Waals surface area contributed by atoms with Crippen molar-refractivity contribution in [3.05, 3.63) is 60.2 Å². The summed E-state index contributed by atoms with van der Waals surface area (Å²) < 4.78 is 5.68. The minimum atomic E-state index is 0.711. The summed E-state index contributed by atoms with van der Waals surface area (Å²) in [4.78, 5) is 2.30. The summed E-state index contributed by atoms with van der Waals surface area (Å²) in [6, 6.07) is 18.1. The molecule has 0 aromatic heterocycles. The number of hydrogen-bond donors (Lipinski definition) is 1. The molecule has 3 nitrogen and oxygen atoms in total. The molecule has 2 rings (SSSR count). The number of anilines is 1. The molecule has 0 atom stereocenters. The SMILES string of the molecule is CN(CCCOc1cccc(N)c1)Cc1ccccc1. The molecule has 0 spiro atoms. The zero-order valence-electron chi connectivity index (χ0n) is 12.0. The zero-order valence-corrected chi connectivity index (χ0v) is 12.0. The van der Waals surface area contributed by atoms with Crippen LogP contribution in [0.4, 0.5) is 5.69 Å².